The average Bonchev–Trinajstić information content (AvgIpc) is 2.20. The van der Waals surface area contributed by atoms with Gasteiger partial charge in [0.25, 0.3) is 0 Å². The Morgan fingerprint density at radius 1 is 1.62 bits per heavy atom. The van der Waals surface area contributed by atoms with Crippen molar-refractivity contribution >= 4 is 20.4 Å². The maximum atomic E-state index is 10.7. The van der Waals surface area contributed by atoms with Crippen LogP contribution in [0, 0.1) is 0 Å². The molecule has 16 heavy (non-hydrogen) atoms. The number of aliphatic hydroxyl groups excluding tert-OH is 2. The lowest BCUT2D eigenvalue weighted by Crippen LogP contribution is -2.50. The molecule has 0 fully saturated rings. The highest BCUT2D eigenvalue weighted by atomic mass is 31.1. The van der Waals surface area contributed by atoms with Gasteiger partial charge in [-0.05, 0) is 0 Å². The average molecular weight is 255 g/mol. The summed E-state index contributed by atoms with van der Waals surface area (Å²) in [5.74, 6) is -0.528. The number of carbonyl (C=O) groups is 2. The number of aldehydes is 1. The fourth-order valence-corrected chi connectivity index (χ4v) is 1.45. The molecule has 9 heteroatoms. The molecule has 0 bridgehead atoms. The van der Waals surface area contributed by atoms with Crippen LogP contribution >= 0.6 is 8.25 Å². The van der Waals surface area contributed by atoms with Crippen molar-refractivity contribution in [2.24, 2.45) is 0 Å². The van der Waals surface area contributed by atoms with Gasteiger partial charge in [0.05, 0.1) is 12.6 Å². The van der Waals surface area contributed by atoms with E-state index in [9.17, 15) is 19.3 Å². The van der Waals surface area contributed by atoms with Gasteiger partial charge in [0.2, 0.25) is 5.91 Å². The Balaban J connectivity index is 4.54. The molecular weight excluding hydrogens is 241 g/mol. The van der Waals surface area contributed by atoms with Crippen molar-refractivity contribution in [2.75, 3.05) is 6.61 Å². The Kier molecular flexibility index (Phi) is 7.11. The molecule has 94 valence electrons. The topological polar surface area (TPSA) is 133 Å². The van der Waals surface area contributed by atoms with Gasteiger partial charge in [0.15, 0.2) is 6.29 Å². The molecule has 0 radical (unpaired) electrons. The SMILES string of the molecule is CC(=O)NC(CO)[C@H](O)C(C=O)O[PH](=O)O. The third-order valence-corrected chi connectivity index (χ3v) is 2.18. The van der Waals surface area contributed by atoms with Crippen LogP contribution in [-0.2, 0) is 18.7 Å². The number of hydrogen-bond donors (Lipinski definition) is 4. The fraction of sp³-hybridized carbons (Fsp3) is 0.714. The molecule has 1 amide bonds. The highest BCUT2D eigenvalue weighted by Gasteiger charge is 2.29. The van der Waals surface area contributed by atoms with Crippen LogP contribution in [0.25, 0.3) is 0 Å². The summed E-state index contributed by atoms with van der Waals surface area (Å²) in [6.45, 7) is 0.516. The first-order chi connectivity index (χ1) is 7.42. The molecule has 0 saturated carbocycles. The Morgan fingerprint density at radius 3 is 2.50 bits per heavy atom. The zero-order valence-electron chi connectivity index (χ0n) is 8.49. The van der Waals surface area contributed by atoms with Crippen molar-refractivity contribution in [2.45, 2.75) is 25.2 Å². The van der Waals surface area contributed by atoms with Crippen molar-refractivity contribution in [1.82, 2.24) is 5.32 Å². The molecule has 8 nitrogen and oxygen atoms in total. The zero-order chi connectivity index (χ0) is 12.7. The van der Waals surface area contributed by atoms with E-state index in [1.54, 1.807) is 0 Å². The van der Waals surface area contributed by atoms with Crippen LogP contribution in [0.1, 0.15) is 6.92 Å². The number of aliphatic hydroxyl groups is 2. The summed E-state index contributed by atoms with van der Waals surface area (Å²) in [4.78, 5) is 29.6. The Labute approximate surface area is 92.2 Å². The second-order valence-corrected chi connectivity index (χ2v) is 3.73. The van der Waals surface area contributed by atoms with Gasteiger partial charge in [-0.1, -0.05) is 0 Å². The van der Waals surface area contributed by atoms with Crippen LogP contribution < -0.4 is 5.32 Å². The molecular formula is C7H14NO7P. The zero-order valence-corrected chi connectivity index (χ0v) is 9.49. The minimum Gasteiger partial charge on any atom is -0.394 e. The smallest absolute Gasteiger partial charge is 0.317 e. The largest absolute Gasteiger partial charge is 0.394 e. The first kappa shape index (κ1) is 15.2. The highest BCUT2D eigenvalue weighted by molar-refractivity contribution is 7.32. The first-order valence-corrected chi connectivity index (χ1v) is 5.59. The van der Waals surface area contributed by atoms with Crippen LogP contribution in [0.3, 0.4) is 0 Å². The van der Waals surface area contributed by atoms with E-state index in [-0.39, 0.29) is 6.29 Å². The Hall–Kier alpha value is -0.790. The molecule has 0 heterocycles. The summed E-state index contributed by atoms with van der Waals surface area (Å²) in [6, 6.07) is -1.14. The number of nitrogens with one attached hydrogen (secondary N) is 1. The molecule has 0 aliphatic carbocycles. The Morgan fingerprint density at radius 2 is 2.19 bits per heavy atom. The number of carbonyl (C=O) groups excluding carboxylic acids is 2. The van der Waals surface area contributed by atoms with Gasteiger partial charge in [-0.15, -0.1) is 0 Å². The van der Waals surface area contributed by atoms with Crippen LogP contribution in [0.4, 0.5) is 0 Å². The lowest BCUT2D eigenvalue weighted by molar-refractivity contribution is -0.125. The number of amides is 1. The van der Waals surface area contributed by atoms with Gasteiger partial charge in [0, 0.05) is 6.92 Å². The third kappa shape index (κ3) is 5.34. The fourth-order valence-electron chi connectivity index (χ4n) is 1.02. The van der Waals surface area contributed by atoms with Crippen LogP contribution in [0.15, 0.2) is 0 Å². The van der Waals surface area contributed by atoms with E-state index < -0.39 is 39.0 Å². The molecule has 0 aromatic heterocycles. The second-order valence-electron chi connectivity index (χ2n) is 2.96. The van der Waals surface area contributed by atoms with Gasteiger partial charge in [-0.25, -0.2) is 0 Å². The van der Waals surface area contributed by atoms with E-state index in [0.29, 0.717) is 0 Å². The van der Waals surface area contributed by atoms with E-state index in [2.05, 4.69) is 9.84 Å². The van der Waals surface area contributed by atoms with Crippen LogP contribution in [0.2, 0.25) is 0 Å². The van der Waals surface area contributed by atoms with E-state index in [0.717, 1.165) is 6.92 Å². The van der Waals surface area contributed by atoms with Crippen LogP contribution in [-0.4, -0.2) is 52.2 Å². The lowest BCUT2D eigenvalue weighted by atomic mass is 10.1. The van der Waals surface area contributed by atoms with Gasteiger partial charge < -0.3 is 25.2 Å². The maximum absolute atomic E-state index is 10.7. The summed E-state index contributed by atoms with van der Waals surface area (Å²) >= 11 is 0. The standard InChI is InChI=1S/C7H14NO7P/c1-4(11)8-5(2-9)7(12)6(3-10)15-16(13)14/h3,5-7,9,12,16H,2H2,1H3,(H,8,11)(H,13,14)/t5?,6?,7-/m0/s1. The quantitative estimate of drug-likeness (QED) is 0.300. The van der Waals surface area contributed by atoms with Gasteiger partial charge in [-0.3, -0.25) is 13.9 Å². The molecule has 0 aromatic rings. The normalized spacial score (nSPS) is 18.2. The van der Waals surface area contributed by atoms with Crippen molar-refractivity contribution in [1.29, 1.82) is 0 Å². The predicted molar refractivity (Wildman–Crippen MR) is 52.9 cm³/mol. The third-order valence-electron chi connectivity index (χ3n) is 1.71. The molecule has 4 N–H and O–H groups in total. The first-order valence-electron chi connectivity index (χ1n) is 4.33. The van der Waals surface area contributed by atoms with Gasteiger partial charge in [0.1, 0.15) is 12.2 Å². The summed E-state index contributed by atoms with van der Waals surface area (Å²) in [7, 11) is -3.39. The highest BCUT2D eigenvalue weighted by Crippen LogP contribution is 2.19. The van der Waals surface area contributed by atoms with Crippen molar-refractivity contribution in [3.05, 3.63) is 0 Å². The van der Waals surface area contributed by atoms with Crippen molar-refractivity contribution in [3.63, 3.8) is 0 Å². The molecule has 0 aliphatic heterocycles. The second kappa shape index (κ2) is 7.48. The summed E-state index contributed by atoms with van der Waals surface area (Å²) < 4.78 is 14.6. The van der Waals surface area contributed by atoms with E-state index >= 15 is 0 Å². The van der Waals surface area contributed by atoms with Crippen molar-refractivity contribution in [3.8, 4) is 0 Å². The minimum atomic E-state index is -3.39. The molecule has 0 spiro atoms. The Bertz CT molecular complexity index is 271. The molecule has 0 aromatic carbocycles. The number of rotatable bonds is 7. The summed E-state index contributed by atoms with van der Waals surface area (Å²) in [5.41, 5.74) is 0. The summed E-state index contributed by atoms with van der Waals surface area (Å²) in [5, 5.41) is 20.5. The van der Waals surface area contributed by atoms with Gasteiger partial charge in [-0.2, -0.15) is 0 Å². The molecule has 4 atom stereocenters. The predicted octanol–water partition coefficient (Wildman–Crippen LogP) is -2.19. The molecule has 0 aliphatic rings. The van der Waals surface area contributed by atoms with Gasteiger partial charge >= 0.3 is 8.25 Å². The molecule has 0 rings (SSSR count). The minimum absolute atomic E-state index is 0.119. The molecule has 0 saturated heterocycles. The van der Waals surface area contributed by atoms with E-state index in [4.69, 9.17) is 10.00 Å². The van der Waals surface area contributed by atoms with Crippen molar-refractivity contribution < 1.29 is 33.8 Å². The molecule has 3 unspecified atom stereocenters. The summed E-state index contributed by atoms with van der Waals surface area (Å²) in [6.07, 6.45) is -3.07. The lowest BCUT2D eigenvalue weighted by Gasteiger charge is -2.24. The van der Waals surface area contributed by atoms with Crippen LogP contribution in [0.5, 0.6) is 0 Å². The van der Waals surface area contributed by atoms with E-state index in [1.807, 2.05) is 0 Å². The monoisotopic (exact) mass is 255 g/mol. The maximum Gasteiger partial charge on any atom is 0.317 e. The number of hydrogen-bond acceptors (Lipinski definition) is 6. The van der Waals surface area contributed by atoms with E-state index in [1.165, 1.54) is 0 Å².